The molecular weight excluding hydrogens is 355 g/mol. The van der Waals surface area contributed by atoms with Crippen molar-refractivity contribution in [1.29, 1.82) is 0 Å². The average molecular weight is 377 g/mol. The molecule has 0 saturated heterocycles. The molecule has 0 fully saturated rings. The molecule has 1 rings (SSSR count). The van der Waals surface area contributed by atoms with Gasteiger partial charge in [0.25, 0.3) is 0 Å². The maximum atomic E-state index is 12.3. The van der Waals surface area contributed by atoms with E-state index < -0.39 is 11.8 Å². The van der Waals surface area contributed by atoms with E-state index >= 15 is 0 Å². The molecule has 0 aliphatic rings. The van der Waals surface area contributed by atoms with Gasteiger partial charge >= 0.3 is 51.4 Å². The quantitative estimate of drug-likeness (QED) is 0.557. The predicted molar refractivity (Wildman–Crippen MR) is 85.8 cm³/mol. The van der Waals surface area contributed by atoms with E-state index in [0.29, 0.717) is 12.8 Å². The molecule has 0 aliphatic heterocycles. The van der Waals surface area contributed by atoms with E-state index in [0.717, 1.165) is 21.2 Å². The minimum Gasteiger partial charge on any atom is -0.332 e. The summed E-state index contributed by atoms with van der Waals surface area (Å²) >= 11 is 3.53. The number of Topliss-reactive ketones (excluding diaryl/α,β-unsaturated/α-hetero) is 2. The van der Waals surface area contributed by atoms with E-state index in [1.807, 2.05) is 39.8 Å². The van der Waals surface area contributed by atoms with Crippen LogP contribution in [0, 0.1) is 26.7 Å². The average Bonchev–Trinajstić information content (AvgIpc) is 2.43. The van der Waals surface area contributed by atoms with E-state index in [1.165, 1.54) is 0 Å². The standard InChI is InChI=1S/C17H22BrO2.K/c1-6-14(19)12(5)16(15(20)7-2)13-8-10(3)17(18)11(4)9-13;/h8-9,12,16H,5-7H2,1-4H3;/q-1;+1. The Hall–Kier alpha value is 0.676. The number of hydrogen-bond acceptors (Lipinski definition) is 2. The third-order valence-electron chi connectivity index (χ3n) is 3.68. The van der Waals surface area contributed by atoms with Crippen molar-refractivity contribution in [3.8, 4) is 0 Å². The van der Waals surface area contributed by atoms with Gasteiger partial charge in [0.15, 0.2) is 0 Å². The zero-order valence-corrected chi connectivity index (χ0v) is 18.3. The smallest absolute Gasteiger partial charge is 0.332 e. The molecular formula is C17H22BrKO2. The van der Waals surface area contributed by atoms with Crippen molar-refractivity contribution in [3.63, 3.8) is 0 Å². The largest absolute Gasteiger partial charge is 1.00 e. The van der Waals surface area contributed by atoms with Gasteiger partial charge in [-0.15, -0.1) is 0 Å². The normalized spacial score (nSPS) is 13.2. The molecule has 0 spiro atoms. The van der Waals surface area contributed by atoms with Gasteiger partial charge in [0, 0.05) is 23.2 Å². The number of carbonyl (C=O) groups excluding carboxylic acids is 2. The van der Waals surface area contributed by atoms with Crippen LogP contribution in [0.4, 0.5) is 0 Å². The molecule has 0 bridgehead atoms. The molecule has 21 heavy (non-hydrogen) atoms. The van der Waals surface area contributed by atoms with E-state index in [-0.39, 0.29) is 63.0 Å². The van der Waals surface area contributed by atoms with Crippen LogP contribution in [0.5, 0.6) is 0 Å². The monoisotopic (exact) mass is 376 g/mol. The first kappa shape index (κ1) is 21.7. The molecule has 0 aromatic heterocycles. The Bertz CT molecular complexity index is 503. The van der Waals surface area contributed by atoms with E-state index in [4.69, 9.17) is 0 Å². The van der Waals surface area contributed by atoms with Crippen molar-refractivity contribution < 1.29 is 61.0 Å². The summed E-state index contributed by atoms with van der Waals surface area (Å²) in [7, 11) is 0. The summed E-state index contributed by atoms with van der Waals surface area (Å²) in [6.07, 6.45) is 0.831. The number of carbonyl (C=O) groups is 2. The van der Waals surface area contributed by atoms with Gasteiger partial charge in [-0.1, -0.05) is 47.8 Å². The van der Waals surface area contributed by atoms with Crippen molar-refractivity contribution in [2.45, 2.75) is 46.5 Å². The number of ketones is 2. The van der Waals surface area contributed by atoms with Crippen LogP contribution < -0.4 is 51.4 Å². The molecule has 0 radical (unpaired) electrons. The van der Waals surface area contributed by atoms with E-state index in [2.05, 4.69) is 22.9 Å². The van der Waals surface area contributed by atoms with Crippen LogP contribution in [0.1, 0.15) is 49.3 Å². The molecule has 0 N–H and O–H groups in total. The van der Waals surface area contributed by atoms with Gasteiger partial charge in [-0.25, -0.2) is 0 Å². The fraction of sp³-hybridized carbons (Fsp3) is 0.471. The summed E-state index contributed by atoms with van der Waals surface area (Å²) < 4.78 is 1.05. The molecule has 2 nitrogen and oxygen atoms in total. The van der Waals surface area contributed by atoms with E-state index in [9.17, 15) is 9.59 Å². The molecule has 110 valence electrons. The Kier molecular flexibility index (Phi) is 10.0. The Morgan fingerprint density at radius 3 is 1.90 bits per heavy atom. The second-order valence-corrected chi connectivity index (χ2v) is 5.99. The molecule has 4 heteroatoms. The first-order valence-corrected chi connectivity index (χ1v) is 7.77. The minimum absolute atomic E-state index is 0. The first-order chi connectivity index (χ1) is 9.33. The van der Waals surface area contributed by atoms with Gasteiger partial charge in [-0.3, -0.25) is 4.79 Å². The number of benzene rings is 1. The van der Waals surface area contributed by atoms with Gasteiger partial charge in [0.05, 0.1) is 0 Å². The van der Waals surface area contributed by atoms with Crippen LogP contribution >= 0.6 is 15.9 Å². The molecule has 1 aromatic carbocycles. The maximum Gasteiger partial charge on any atom is 1.00 e. The predicted octanol–water partition coefficient (Wildman–Crippen LogP) is 1.56. The van der Waals surface area contributed by atoms with Crippen LogP contribution in [0.3, 0.4) is 0 Å². The number of aryl methyl sites for hydroxylation is 2. The van der Waals surface area contributed by atoms with Crippen molar-refractivity contribution in [2.24, 2.45) is 5.92 Å². The van der Waals surface area contributed by atoms with Crippen molar-refractivity contribution >= 4 is 27.5 Å². The SMILES string of the molecule is [CH2-]C(C(=O)CC)C(C(=O)CC)c1cc(C)c(Br)c(C)c1.[K+]. The molecule has 0 aliphatic carbocycles. The Morgan fingerprint density at radius 2 is 1.52 bits per heavy atom. The van der Waals surface area contributed by atoms with Gasteiger partial charge in [0.1, 0.15) is 11.6 Å². The third kappa shape index (κ3) is 5.36. The fourth-order valence-corrected chi connectivity index (χ4v) is 2.70. The molecule has 2 unspecified atom stereocenters. The van der Waals surface area contributed by atoms with Crippen LogP contribution in [0.25, 0.3) is 0 Å². The van der Waals surface area contributed by atoms with Crippen molar-refractivity contribution in [3.05, 3.63) is 40.2 Å². The van der Waals surface area contributed by atoms with Crippen molar-refractivity contribution in [2.75, 3.05) is 0 Å². The van der Waals surface area contributed by atoms with Crippen LogP contribution in [-0.4, -0.2) is 11.6 Å². The molecule has 2 atom stereocenters. The van der Waals surface area contributed by atoms with Crippen molar-refractivity contribution in [1.82, 2.24) is 0 Å². The summed E-state index contributed by atoms with van der Waals surface area (Å²) in [5.41, 5.74) is 3.05. The molecule has 1 aromatic rings. The van der Waals surface area contributed by atoms with Crippen LogP contribution in [0.15, 0.2) is 16.6 Å². The van der Waals surface area contributed by atoms with Gasteiger partial charge in [0.2, 0.25) is 0 Å². The van der Waals surface area contributed by atoms with Crippen LogP contribution in [0.2, 0.25) is 0 Å². The fourth-order valence-electron chi connectivity index (χ4n) is 2.47. The number of hydrogen-bond donors (Lipinski definition) is 0. The maximum absolute atomic E-state index is 12.3. The number of halogens is 1. The Morgan fingerprint density at radius 1 is 1.10 bits per heavy atom. The summed E-state index contributed by atoms with van der Waals surface area (Å²) in [6, 6.07) is 3.97. The second kappa shape index (κ2) is 9.73. The Balaban J connectivity index is 0.00000400. The van der Waals surface area contributed by atoms with E-state index in [1.54, 1.807) is 0 Å². The van der Waals surface area contributed by atoms with Crippen LogP contribution in [-0.2, 0) is 9.59 Å². The van der Waals surface area contributed by atoms with Gasteiger partial charge < -0.3 is 11.7 Å². The Labute approximate surface area is 179 Å². The summed E-state index contributed by atoms with van der Waals surface area (Å²) in [5.74, 6) is -0.826. The summed E-state index contributed by atoms with van der Waals surface area (Å²) in [6.45, 7) is 11.6. The molecule has 0 heterocycles. The second-order valence-electron chi connectivity index (χ2n) is 5.19. The third-order valence-corrected chi connectivity index (χ3v) is 4.93. The summed E-state index contributed by atoms with van der Waals surface area (Å²) in [4.78, 5) is 24.2. The van der Waals surface area contributed by atoms with Gasteiger partial charge in [-0.2, -0.15) is 0 Å². The topological polar surface area (TPSA) is 34.1 Å². The minimum atomic E-state index is -0.507. The zero-order valence-electron chi connectivity index (χ0n) is 13.6. The first-order valence-electron chi connectivity index (χ1n) is 6.98. The number of rotatable bonds is 6. The molecule has 0 amide bonds. The molecule has 0 saturated carbocycles. The zero-order chi connectivity index (χ0) is 15.4. The van der Waals surface area contributed by atoms with Gasteiger partial charge in [-0.05, 0) is 30.5 Å². The summed E-state index contributed by atoms with van der Waals surface area (Å²) in [5, 5.41) is 0.